The van der Waals surface area contributed by atoms with Gasteiger partial charge in [0.2, 0.25) is 11.8 Å². The van der Waals surface area contributed by atoms with E-state index in [1.807, 2.05) is 23.2 Å². The number of rotatable bonds is 9. The van der Waals surface area contributed by atoms with Crippen LogP contribution in [0.15, 0.2) is 36.5 Å². The highest BCUT2D eigenvalue weighted by Gasteiger charge is 2.47. The molecule has 2 aromatic heterocycles. The predicted octanol–water partition coefficient (Wildman–Crippen LogP) is 4.92. The van der Waals surface area contributed by atoms with E-state index in [0.29, 0.717) is 67.1 Å². The van der Waals surface area contributed by atoms with Gasteiger partial charge in [-0.2, -0.15) is 0 Å². The molecular weight excluding hydrogens is 794 g/mol. The Labute approximate surface area is 352 Å². The number of aromatic nitrogens is 3. The molecule has 58 heavy (non-hydrogen) atoms. The minimum Gasteiger partial charge on any atom is -0.366 e. The quantitative estimate of drug-likeness (QED) is 0.195. The molecule has 1 atom stereocenters. The van der Waals surface area contributed by atoms with E-state index < -0.39 is 102 Å². The highest BCUT2D eigenvalue weighted by molar-refractivity contribution is 7.17. The third-order valence-electron chi connectivity index (χ3n) is 10.1. The molecule has 19 heteroatoms. The Kier molecular flexibility index (Phi) is 8.40. The minimum absolute atomic E-state index is 0.226. The number of anilines is 5. The van der Waals surface area contributed by atoms with Gasteiger partial charge in [0.05, 0.1) is 39.2 Å². The lowest BCUT2D eigenvalue weighted by Crippen LogP contribution is -2.54. The molecule has 3 fully saturated rings. The lowest BCUT2D eigenvalue weighted by molar-refractivity contribution is -0.136. The lowest BCUT2D eigenvalue weighted by atomic mass is 9.96. The van der Waals surface area contributed by atoms with Crippen molar-refractivity contribution in [3.8, 4) is 0 Å². The van der Waals surface area contributed by atoms with Gasteiger partial charge in [0.15, 0.2) is 16.8 Å². The summed E-state index contributed by atoms with van der Waals surface area (Å²) in [6, 6.07) is 5.77. The molecule has 302 valence electrons. The van der Waals surface area contributed by atoms with Crippen LogP contribution in [0.2, 0.25) is 5.02 Å². The summed E-state index contributed by atoms with van der Waals surface area (Å²) in [7, 11) is 0. The third-order valence-corrected chi connectivity index (χ3v) is 11.3. The predicted molar refractivity (Wildman–Crippen MR) is 213 cm³/mol. The van der Waals surface area contributed by atoms with Crippen LogP contribution in [-0.4, -0.2) is 106 Å². The number of benzene rings is 2. The minimum atomic E-state index is -3.67. The van der Waals surface area contributed by atoms with Crippen LogP contribution in [0, 0.1) is 31.4 Å². The highest BCUT2D eigenvalue weighted by atomic mass is 35.5. The number of hydrogen-bond donors (Lipinski definition) is 3. The molecule has 0 aliphatic carbocycles. The van der Waals surface area contributed by atoms with Crippen LogP contribution >= 0.6 is 22.9 Å². The summed E-state index contributed by atoms with van der Waals surface area (Å²) < 4.78 is 104. The molecule has 4 aliphatic heterocycles. The number of carbonyl (C=O) groups excluding carboxylic acids is 5. The zero-order valence-corrected chi connectivity index (χ0v) is 32.4. The molecule has 2 aromatic carbocycles. The lowest BCUT2D eigenvalue weighted by Gasteiger charge is -2.40. The van der Waals surface area contributed by atoms with Gasteiger partial charge in [-0.3, -0.25) is 39.1 Å². The van der Waals surface area contributed by atoms with E-state index >= 15 is 8.78 Å². The number of carbonyl (C=O) groups is 5. The Balaban J connectivity index is 0.973. The fraction of sp³-hybridized carbons (Fsp3) is 0.385. The average Bonchev–Trinajstić information content (AvgIpc) is 3.80. The Morgan fingerprint density at radius 2 is 1.76 bits per heavy atom. The van der Waals surface area contributed by atoms with Crippen molar-refractivity contribution in [1.29, 1.82) is 0 Å². The maximum atomic E-state index is 16.1. The first-order chi connectivity index (χ1) is 30.9. The normalized spacial score (nSPS) is 24.6. The van der Waals surface area contributed by atoms with E-state index in [1.54, 1.807) is 25.1 Å². The largest absolute Gasteiger partial charge is 0.366 e. The SMILES string of the molecule is [2H]C1([2H])N(CC2CCN(c3cc(Nc4ncc(C(=O)Nc5c(C)cccc5Cl)s4)nc(C)n3)CC2)C([2H])([2H])C([2H])([2H])N(c2cc3c(c(F)c2F)C(=O)N(C2CCC(=O)NC2=O)C3=O)C1([2H])[2H]. The number of nitrogens with one attached hydrogen (secondary N) is 3. The first-order valence-electron chi connectivity index (χ1n) is 22.1. The second-order valence-electron chi connectivity index (χ2n) is 13.9. The van der Waals surface area contributed by atoms with Crippen LogP contribution in [0.3, 0.4) is 0 Å². The molecule has 4 aromatic rings. The van der Waals surface area contributed by atoms with Crippen LogP contribution < -0.4 is 25.8 Å². The molecule has 0 bridgehead atoms. The van der Waals surface area contributed by atoms with E-state index in [2.05, 4.69) is 25.6 Å². The second kappa shape index (κ2) is 16.0. The van der Waals surface area contributed by atoms with Crippen molar-refractivity contribution in [3.63, 3.8) is 0 Å². The highest BCUT2D eigenvalue weighted by Crippen LogP contribution is 2.36. The summed E-state index contributed by atoms with van der Waals surface area (Å²) in [5.74, 6) is -8.29. The van der Waals surface area contributed by atoms with Gasteiger partial charge in [-0.1, -0.05) is 35.1 Å². The fourth-order valence-corrected chi connectivity index (χ4v) is 8.08. The number of aryl methyl sites for hydroxylation is 2. The Morgan fingerprint density at radius 3 is 2.48 bits per heavy atom. The van der Waals surface area contributed by atoms with E-state index in [4.69, 9.17) is 22.6 Å². The smallest absolute Gasteiger partial charge is 0.267 e. The first kappa shape index (κ1) is 30.5. The van der Waals surface area contributed by atoms with Crippen molar-refractivity contribution in [1.82, 2.24) is 30.1 Å². The van der Waals surface area contributed by atoms with E-state index in [1.165, 1.54) is 6.20 Å². The van der Waals surface area contributed by atoms with E-state index in [-0.39, 0.29) is 30.6 Å². The molecule has 4 aliphatic rings. The van der Waals surface area contributed by atoms with Crippen LogP contribution in [0.4, 0.5) is 36.9 Å². The van der Waals surface area contributed by atoms with Crippen molar-refractivity contribution >= 4 is 80.6 Å². The molecule has 1 unspecified atom stereocenters. The molecule has 0 spiro atoms. The van der Waals surface area contributed by atoms with Crippen LogP contribution in [-0.2, 0) is 9.59 Å². The molecule has 3 saturated heterocycles. The van der Waals surface area contributed by atoms with E-state index in [9.17, 15) is 24.0 Å². The summed E-state index contributed by atoms with van der Waals surface area (Å²) in [6.07, 6.45) is 1.36. The maximum Gasteiger partial charge on any atom is 0.267 e. The summed E-state index contributed by atoms with van der Waals surface area (Å²) in [5, 5.41) is 8.61. The van der Waals surface area contributed by atoms with Crippen molar-refractivity contribution in [2.75, 3.05) is 66.1 Å². The molecule has 0 radical (unpaired) electrons. The van der Waals surface area contributed by atoms with Gasteiger partial charge < -0.3 is 20.4 Å². The zero-order chi connectivity index (χ0) is 48.0. The van der Waals surface area contributed by atoms with Crippen molar-refractivity contribution in [3.05, 3.63) is 80.6 Å². The van der Waals surface area contributed by atoms with Crippen molar-refractivity contribution in [2.24, 2.45) is 5.92 Å². The molecule has 3 N–H and O–H groups in total. The number of piperidine rings is 2. The molecule has 6 heterocycles. The second-order valence-corrected chi connectivity index (χ2v) is 15.4. The molecule has 15 nitrogen and oxygen atoms in total. The zero-order valence-electron chi connectivity index (χ0n) is 38.8. The topological polar surface area (TPSA) is 173 Å². The average molecular weight is 841 g/mol. The van der Waals surface area contributed by atoms with Gasteiger partial charge in [0, 0.05) is 63.6 Å². The fourth-order valence-electron chi connectivity index (χ4n) is 7.09. The van der Waals surface area contributed by atoms with Crippen molar-refractivity contribution < 1.29 is 43.7 Å². The van der Waals surface area contributed by atoms with Gasteiger partial charge >= 0.3 is 0 Å². The summed E-state index contributed by atoms with van der Waals surface area (Å²) in [4.78, 5) is 80.1. The number of para-hydroxylation sites is 1. The Hall–Kier alpha value is -5.59. The van der Waals surface area contributed by atoms with E-state index in [0.717, 1.165) is 16.9 Å². The van der Waals surface area contributed by atoms with Gasteiger partial charge in [0.25, 0.3) is 17.7 Å². The summed E-state index contributed by atoms with van der Waals surface area (Å²) in [6.45, 7) is -10.7. The van der Waals surface area contributed by atoms with Gasteiger partial charge in [-0.05, 0) is 56.7 Å². The summed E-state index contributed by atoms with van der Waals surface area (Å²) in [5.41, 5.74) is -2.16. The van der Waals surface area contributed by atoms with Crippen molar-refractivity contribution in [2.45, 2.75) is 45.6 Å². The summed E-state index contributed by atoms with van der Waals surface area (Å²) >= 11 is 7.35. The van der Waals surface area contributed by atoms with Gasteiger partial charge in [-0.25, -0.2) is 23.7 Å². The number of piperazine rings is 1. The standard InChI is InChI=1S/C39H39ClF2N10O5S/c1-20-4-3-5-24(40)34(20)48-36(55)27-18-43-39(58-27)46-28-17-29(45-21(2)44-28)51-10-8-22(9-11-51)19-49-12-14-50(15-13-49)26-16-23-31(33(42)32(26)41)38(57)52(37(23)56)25-6-7-30(53)47-35(25)54/h3-5,16-18,22,25H,6-15,19H2,1-2H3,(H,48,55)(H,47,53,54)(H,43,44,45,46)/i12D2,13D2,14D2,15D2. The molecule has 5 amide bonds. The number of thiazole rings is 1. The van der Waals surface area contributed by atoms with Crippen LogP contribution in [0.5, 0.6) is 0 Å². The number of amides is 5. The molecular formula is C39H39ClF2N10O5S. The maximum absolute atomic E-state index is 16.1. The van der Waals surface area contributed by atoms with Crippen LogP contribution in [0.1, 0.15) is 78.4 Å². The number of halogens is 3. The molecule has 0 saturated carbocycles. The monoisotopic (exact) mass is 840 g/mol. The van der Waals surface area contributed by atoms with Gasteiger partial charge in [-0.15, -0.1) is 0 Å². The number of imide groups is 2. The Morgan fingerprint density at radius 1 is 1.00 bits per heavy atom. The number of nitrogens with zero attached hydrogens (tertiary/aromatic N) is 7. The number of hydrogen-bond acceptors (Lipinski definition) is 13. The van der Waals surface area contributed by atoms with Gasteiger partial charge in [0.1, 0.15) is 28.4 Å². The van der Waals surface area contributed by atoms with Crippen LogP contribution in [0.25, 0.3) is 0 Å². The Bertz CT molecular complexity index is 2680. The third kappa shape index (κ3) is 7.70. The number of fused-ring (bicyclic) bond motifs is 1. The molecule has 8 rings (SSSR count). The first-order valence-corrected chi connectivity index (χ1v) is 19.3.